The first-order valence-electron chi connectivity index (χ1n) is 5.07. The van der Waals surface area contributed by atoms with Crippen molar-refractivity contribution >= 4 is 5.97 Å². The third kappa shape index (κ3) is 3.44. The van der Waals surface area contributed by atoms with E-state index in [1.807, 2.05) is 14.1 Å². The molecule has 0 bridgehead atoms. The number of carbonyl (C=O) groups excluding carboxylic acids is 1. The number of nitrogens with zero attached hydrogens (tertiary/aromatic N) is 1. The van der Waals surface area contributed by atoms with Crippen molar-refractivity contribution in [3.8, 4) is 0 Å². The SMILES string of the molecule is C[C@@]1(CO)C[N+](C)(C)C[C@@H](CC(=O)[O-])O1. The molecule has 0 aromatic carbocycles. The van der Waals surface area contributed by atoms with Crippen LogP contribution in [0.15, 0.2) is 0 Å². The number of aliphatic carboxylic acids is 1. The average molecular weight is 217 g/mol. The van der Waals surface area contributed by atoms with Crippen LogP contribution in [0.1, 0.15) is 13.3 Å². The van der Waals surface area contributed by atoms with Gasteiger partial charge in [-0.05, 0) is 6.92 Å². The zero-order valence-corrected chi connectivity index (χ0v) is 9.52. The number of likely N-dealkylation sites (N-methyl/N-ethyl adjacent to an activating group) is 1. The average Bonchev–Trinajstić information content (AvgIpc) is 1.98. The highest BCUT2D eigenvalue weighted by Crippen LogP contribution is 2.25. The molecule has 1 fully saturated rings. The van der Waals surface area contributed by atoms with Gasteiger partial charge in [0.1, 0.15) is 24.8 Å². The molecule has 0 radical (unpaired) electrons. The maximum absolute atomic E-state index is 10.5. The number of rotatable bonds is 3. The quantitative estimate of drug-likeness (QED) is 0.575. The van der Waals surface area contributed by atoms with E-state index in [1.54, 1.807) is 6.92 Å². The van der Waals surface area contributed by atoms with Gasteiger partial charge in [-0.2, -0.15) is 0 Å². The van der Waals surface area contributed by atoms with Crippen molar-refractivity contribution in [2.45, 2.75) is 25.0 Å². The second-order valence-corrected chi connectivity index (χ2v) is 5.20. The summed E-state index contributed by atoms with van der Waals surface area (Å²) in [7, 11) is 4.00. The van der Waals surface area contributed by atoms with E-state index in [2.05, 4.69) is 0 Å². The number of morpholine rings is 1. The monoisotopic (exact) mass is 217 g/mol. The van der Waals surface area contributed by atoms with E-state index in [9.17, 15) is 15.0 Å². The summed E-state index contributed by atoms with van der Waals surface area (Å²) < 4.78 is 6.23. The van der Waals surface area contributed by atoms with Crippen molar-refractivity contribution < 1.29 is 24.2 Å². The van der Waals surface area contributed by atoms with Crippen LogP contribution in [-0.2, 0) is 9.53 Å². The smallest absolute Gasteiger partial charge is 0.138 e. The summed E-state index contributed by atoms with van der Waals surface area (Å²) >= 11 is 0. The van der Waals surface area contributed by atoms with Crippen LogP contribution in [0.25, 0.3) is 0 Å². The van der Waals surface area contributed by atoms with Crippen LogP contribution in [-0.4, -0.2) is 61.1 Å². The van der Waals surface area contributed by atoms with Gasteiger partial charge < -0.3 is 24.2 Å². The van der Waals surface area contributed by atoms with Crippen molar-refractivity contribution in [2.75, 3.05) is 33.8 Å². The van der Waals surface area contributed by atoms with Gasteiger partial charge in [0.15, 0.2) is 0 Å². The summed E-state index contributed by atoms with van der Waals surface area (Å²) in [6.45, 7) is 3.00. The summed E-state index contributed by atoms with van der Waals surface area (Å²) in [5.74, 6) is -1.11. The molecule has 5 nitrogen and oxygen atoms in total. The van der Waals surface area contributed by atoms with Crippen LogP contribution >= 0.6 is 0 Å². The predicted molar refractivity (Wildman–Crippen MR) is 51.8 cm³/mol. The molecule has 15 heavy (non-hydrogen) atoms. The number of quaternary nitrogens is 1. The van der Waals surface area contributed by atoms with Crippen LogP contribution in [0.4, 0.5) is 0 Å². The molecule has 1 aliphatic rings. The Kier molecular flexibility index (Phi) is 3.38. The number of hydrogen-bond donors (Lipinski definition) is 1. The molecule has 0 aromatic heterocycles. The Hall–Kier alpha value is -0.650. The van der Waals surface area contributed by atoms with Gasteiger partial charge in [0.05, 0.1) is 20.7 Å². The number of aliphatic hydroxyl groups is 1. The van der Waals surface area contributed by atoms with E-state index in [4.69, 9.17) is 4.74 Å². The first kappa shape index (κ1) is 12.4. The highest BCUT2D eigenvalue weighted by atomic mass is 16.5. The van der Waals surface area contributed by atoms with Gasteiger partial charge in [0.2, 0.25) is 0 Å². The summed E-state index contributed by atoms with van der Waals surface area (Å²) in [6.07, 6.45) is -0.493. The molecule has 88 valence electrons. The molecule has 0 unspecified atom stereocenters. The predicted octanol–water partition coefficient (Wildman–Crippen LogP) is -1.65. The van der Waals surface area contributed by atoms with E-state index in [0.717, 1.165) is 0 Å². The molecule has 1 saturated heterocycles. The minimum absolute atomic E-state index is 0.0990. The van der Waals surface area contributed by atoms with E-state index in [1.165, 1.54) is 0 Å². The lowest BCUT2D eigenvalue weighted by molar-refractivity contribution is -0.909. The molecular formula is C10H19NO4. The molecule has 0 saturated carbocycles. The molecule has 0 spiro atoms. The molecule has 0 amide bonds. The Morgan fingerprint density at radius 3 is 2.73 bits per heavy atom. The molecule has 1 rings (SSSR count). The minimum Gasteiger partial charge on any atom is -0.550 e. The normalized spacial score (nSPS) is 35.1. The van der Waals surface area contributed by atoms with Gasteiger partial charge >= 0.3 is 0 Å². The van der Waals surface area contributed by atoms with Gasteiger partial charge in [-0.15, -0.1) is 0 Å². The first-order chi connectivity index (χ1) is 6.76. The summed E-state index contributed by atoms with van der Waals surface area (Å²) in [6, 6.07) is 0. The fraction of sp³-hybridized carbons (Fsp3) is 0.900. The summed E-state index contributed by atoms with van der Waals surface area (Å²) in [5.41, 5.74) is -0.651. The van der Waals surface area contributed by atoms with E-state index in [0.29, 0.717) is 17.6 Å². The van der Waals surface area contributed by atoms with Crippen molar-refractivity contribution in [2.24, 2.45) is 0 Å². The molecule has 1 heterocycles. The van der Waals surface area contributed by atoms with Crippen LogP contribution in [0, 0.1) is 0 Å². The maximum Gasteiger partial charge on any atom is 0.138 e. The van der Waals surface area contributed by atoms with E-state index >= 15 is 0 Å². The van der Waals surface area contributed by atoms with Gasteiger partial charge in [-0.3, -0.25) is 0 Å². The van der Waals surface area contributed by atoms with Gasteiger partial charge in [0, 0.05) is 12.4 Å². The van der Waals surface area contributed by atoms with E-state index in [-0.39, 0.29) is 19.1 Å². The lowest BCUT2D eigenvalue weighted by atomic mass is 10.0. The number of carbonyl (C=O) groups is 1. The van der Waals surface area contributed by atoms with Crippen LogP contribution in [0.5, 0.6) is 0 Å². The standard InChI is InChI=1S/C10H19NO4/c1-10(7-12)6-11(2,3)5-8(15-10)4-9(13)14/h8,12H,4-7H2,1-3H3/t8-,10+/m1/s1. The van der Waals surface area contributed by atoms with Crippen molar-refractivity contribution in [3.63, 3.8) is 0 Å². The maximum atomic E-state index is 10.5. The van der Waals surface area contributed by atoms with Crippen LogP contribution < -0.4 is 5.11 Å². The Labute approximate surface area is 89.9 Å². The second kappa shape index (κ2) is 4.08. The van der Waals surface area contributed by atoms with Gasteiger partial charge in [0.25, 0.3) is 0 Å². The summed E-state index contributed by atoms with van der Waals surface area (Å²) in [4.78, 5) is 10.5. The second-order valence-electron chi connectivity index (χ2n) is 5.20. The lowest BCUT2D eigenvalue weighted by Gasteiger charge is -2.46. The van der Waals surface area contributed by atoms with Crippen molar-refractivity contribution in [3.05, 3.63) is 0 Å². The molecular weight excluding hydrogens is 198 g/mol. The van der Waals surface area contributed by atoms with Crippen molar-refractivity contribution in [1.29, 1.82) is 0 Å². The highest BCUT2D eigenvalue weighted by molar-refractivity contribution is 5.64. The van der Waals surface area contributed by atoms with Gasteiger partial charge in [-0.1, -0.05) is 0 Å². The topological polar surface area (TPSA) is 69.6 Å². The molecule has 1 aliphatic heterocycles. The Morgan fingerprint density at radius 2 is 2.27 bits per heavy atom. The van der Waals surface area contributed by atoms with Crippen LogP contribution in [0.3, 0.4) is 0 Å². The minimum atomic E-state index is -1.11. The van der Waals surface area contributed by atoms with Crippen LogP contribution in [0.2, 0.25) is 0 Å². The first-order valence-corrected chi connectivity index (χ1v) is 5.07. The zero-order chi connectivity index (χ0) is 11.7. The summed E-state index contributed by atoms with van der Waals surface area (Å²) in [5, 5.41) is 19.8. The largest absolute Gasteiger partial charge is 0.550 e. The fourth-order valence-corrected chi connectivity index (χ4v) is 2.38. The number of ether oxygens (including phenoxy) is 1. The number of carboxylic acids is 1. The molecule has 0 aliphatic carbocycles. The Bertz CT molecular complexity index is 254. The highest BCUT2D eigenvalue weighted by Gasteiger charge is 2.42. The van der Waals surface area contributed by atoms with Crippen molar-refractivity contribution in [1.82, 2.24) is 0 Å². The lowest BCUT2D eigenvalue weighted by Crippen LogP contribution is -2.63. The molecule has 2 atom stereocenters. The Morgan fingerprint density at radius 1 is 1.67 bits per heavy atom. The third-order valence-electron chi connectivity index (χ3n) is 2.64. The number of carboxylic acid groups (broad SMARTS) is 1. The van der Waals surface area contributed by atoms with E-state index < -0.39 is 11.6 Å². The third-order valence-corrected chi connectivity index (χ3v) is 2.64. The Balaban J connectivity index is 2.72. The number of hydrogen-bond acceptors (Lipinski definition) is 4. The fourth-order valence-electron chi connectivity index (χ4n) is 2.38. The zero-order valence-electron chi connectivity index (χ0n) is 9.52. The number of aliphatic hydroxyl groups excluding tert-OH is 1. The molecule has 0 aromatic rings. The molecule has 5 heteroatoms. The van der Waals surface area contributed by atoms with Gasteiger partial charge in [-0.25, -0.2) is 0 Å². The molecule has 1 N–H and O–H groups in total.